The number of ether oxygens (including phenoxy) is 6. The van der Waals surface area contributed by atoms with Crippen molar-refractivity contribution in [3.63, 3.8) is 0 Å². The standard InChI is InChI=1S/C47H48O6/c1-43(2)25-44(3,4)27-46(26-43)37-12-10-9-11-33(37)40-35-23-38-39(52-45(5,50-8)28-51-38)24-36(35)42-34(41(40)46)21-22-47(53-42,29-13-17-31(48-6)18-14-29)30-15-19-32(49-7)20-16-30/h9-24H,25-28H2,1-8H3. The number of methoxy groups -OCH3 is 3. The first-order valence-electron chi connectivity index (χ1n) is 18.7. The minimum atomic E-state index is -0.954. The van der Waals surface area contributed by atoms with Crippen LogP contribution < -0.4 is 23.7 Å². The van der Waals surface area contributed by atoms with Crippen LogP contribution >= 0.6 is 0 Å². The fraction of sp³-hybridized carbons (Fsp3) is 0.362. The molecule has 1 unspecified atom stereocenters. The molecular weight excluding hydrogens is 661 g/mol. The summed E-state index contributed by atoms with van der Waals surface area (Å²) in [6.07, 6.45) is 7.83. The highest BCUT2D eigenvalue weighted by molar-refractivity contribution is 6.09. The molecule has 0 bridgehead atoms. The Balaban J connectivity index is 1.38. The van der Waals surface area contributed by atoms with Crippen LogP contribution in [0, 0.1) is 10.8 Å². The van der Waals surface area contributed by atoms with Crippen LogP contribution in [0.25, 0.3) is 28.0 Å². The number of hydrogen-bond donors (Lipinski definition) is 0. The molecule has 1 fully saturated rings. The van der Waals surface area contributed by atoms with Gasteiger partial charge in [-0.05, 0) is 100 Å². The maximum absolute atomic E-state index is 7.69. The molecule has 6 nitrogen and oxygen atoms in total. The van der Waals surface area contributed by atoms with Crippen LogP contribution in [-0.2, 0) is 15.8 Å². The lowest BCUT2D eigenvalue weighted by atomic mass is 9.52. The molecule has 0 aromatic heterocycles. The van der Waals surface area contributed by atoms with Gasteiger partial charge in [-0.15, -0.1) is 0 Å². The maximum atomic E-state index is 7.69. The molecule has 1 spiro atoms. The van der Waals surface area contributed by atoms with Crippen LogP contribution in [0.2, 0.25) is 0 Å². The molecule has 1 atom stereocenters. The zero-order valence-corrected chi connectivity index (χ0v) is 32.0. The first-order chi connectivity index (χ1) is 25.3. The summed E-state index contributed by atoms with van der Waals surface area (Å²) in [4.78, 5) is 0. The van der Waals surface area contributed by atoms with Gasteiger partial charge in [0.25, 0.3) is 0 Å². The molecular formula is C47H48O6. The summed E-state index contributed by atoms with van der Waals surface area (Å²) in [6.45, 7) is 12.0. The first kappa shape index (κ1) is 33.9. The van der Waals surface area contributed by atoms with Crippen molar-refractivity contribution in [1.82, 2.24) is 0 Å². The fourth-order valence-corrected chi connectivity index (χ4v) is 10.6. The fourth-order valence-electron chi connectivity index (χ4n) is 10.6. The molecule has 2 aliphatic heterocycles. The van der Waals surface area contributed by atoms with Crippen LogP contribution in [0.5, 0.6) is 28.7 Å². The second-order valence-electron chi connectivity index (χ2n) is 17.2. The van der Waals surface area contributed by atoms with Gasteiger partial charge >= 0.3 is 0 Å². The van der Waals surface area contributed by atoms with Crippen LogP contribution in [0.3, 0.4) is 0 Å². The summed E-state index contributed by atoms with van der Waals surface area (Å²) in [6, 6.07) is 29.8. The molecule has 5 aromatic rings. The Kier molecular flexibility index (Phi) is 7.37. The lowest BCUT2D eigenvalue weighted by Crippen LogP contribution is -2.44. The summed E-state index contributed by atoms with van der Waals surface area (Å²) in [5.41, 5.74) is 7.48. The van der Waals surface area contributed by atoms with Gasteiger partial charge in [0.05, 0.1) is 14.2 Å². The number of hydrogen-bond acceptors (Lipinski definition) is 6. The smallest absolute Gasteiger partial charge is 0.242 e. The molecule has 9 rings (SSSR count). The highest BCUT2D eigenvalue weighted by Gasteiger charge is 2.55. The normalized spacial score (nSPS) is 22.0. The third-order valence-electron chi connectivity index (χ3n) is 12.1. The first-order valence-corrected chi connectivity index (χ1v) is 18.7. The van der Waals surface area contributed by atoms with Crippen LogP contribution in [-0.4, -0.2) is 33.7 Å². The highest BCUT2D eigenvalue weighted by atomic mass is 16.7. The SMILES string of the molecule is COc1ccc(C2(c3ccc(OC)cc3)C=Cc3c4c(c5cc6c(cc5c3O2)OC(C)(OC)CO6)-c2ccccc2C42CC(C)(C)CC(C)(C)C2)cc1. The van der Waals surface area contributed by atoms with E-state index < -0.39 is 11.4 Å². The zero-order valence-electron chi connectivity index (χ0n) is 32.0. The molecule has 2 heterocycles. The van der Waals surface area contributed by atoms with Gasteiger partial charge in [0.1, 0.15) is 17.2 Å². The molecule has 272 valence electrons. The minimum Gasteiger partial charge on any atom is -0.497 e. The van der Waals surface area contributed by atoms with Crippen LogP contribution in [0.1, 0.15) is 81.7 Å². The summed E-state index contributed by atoms with van der Waals surface area (Å²) in [7, 11) is 5.04. The van der Waals surface area contributed by atoms with E-state index in [1.54, 1.807) is 21.3 Å². The molecule has 2 aliphatic carbocycles. The average molecular weight is 709 g/mol. The molecule has 0 saturated heterocycles. The van der Waals surface area contributed by atoms with Crippen LogP contribution in [0.4, 0.5) is 0 Å². The summed E-state index contributed by atoms with van der Waals surface area (Å²) in [5.74, 6) is 2.83. The Morgan fingerprint density at radius 1 is 0.642 bits per heavy atom. The van der Waals surface area contributed by atoms with Gasteiger partial charge in [0, 0.05) is 41.5 Å². The quantitative estimate of drug-likeness (QED) is 0.181. The van der Waals surface area contributed by atoms with Gasteiger partial charge in [-0.1, -0.05) is 82.3 Å². The molecule has 5 aromatic carbocycles. The molecule has 0 N–H and O–H groups in total. The Morgan fingerprint density at radius 2 is 1.25 bits per heavy atom. The molecule has 53 heavy (non-hydrogen) atoms. The van der Waals surface area contributed by atoms with Crippen molar-refractivity contribution >= 4 is 16.8 Å². The third kappa shape index (κ3) is 5.09. The zero-order chi connectivity index (χ0) is 37.0. The van der Waals surface area contributed by atoms with Crippen molar-refractivity contribution in [2.75, 3.05) is 27.9 Å². The van der Waals surface area contributed by atoms with E-state index in [4.69, 9.17) is 28.4 Å². The second kappa shape index (κ2) is 11.5. The topological polar surface area (TPSA) is 55.4 Å². The van der Waals surface area contributed by atoms with E-state index in [-0.39, 0.29) is 22.9 Å². The van der Waals surface area contributed by atoms with Gasteiger partial charge in [-0.3, -0.25) is 0 Å². The van der Waals surface area contributed by atoms with Gasteiger partial charge < -0.3 is 28.4 Å². The molecule has 0 amide bonds. The van der Waals surface area contributed by atoms with Crippen molar-refractivity contribution in [3.05, 3.63) is 119 Å². The van der Waals surface area contributed by atoms with E-state index in [1.807, 2.05) is 31.2 Å². The Bertz CT molecular complexity index is 2230. The van der Waals surface area contributed by atoms with E-state index >= 15 is 0 Å². The monoisotopic (exact) mass is 708 g/mol. The Labute approximate surface area is 312 Å². The molecule has 4 aliphatic rings. The van der Waals surface area contributed by atoms with Gasteiger partial charge in [-0.2, -0.15) is 0 Å². The van der Waals surface area contributed by atoms with Crippen molar-refractivity contribution in [2.24, 2.45) is 10.8 Å². The predicted molar refractivity (Wildman–Crippen MR) is 210 cm³/mol. The van der Waals surface area contributed by atoms with Crippen molar-refractivity contribution in [1.29, 1.82) is 0 Å². The van der Waals surface area contributed by atoms with Crippen molar-refractivity contribution in [2.45, 2.75) is 70.7 Å². The molecule has 1 saturated carbocycles. The van der Waals surface area contributed by atoms with E-state index in [2.05, 4.69) is 101 Å². The van der Waals surface area contributed by atoms with Gasteiger partial charge in [0.15, 0.2) is 23.7 Å². The van der Waals surface area contributed by atoms with E-state index in [0.29, 0.717) is 11.5 Å². The Morgan fingerprint density at radius 3 is 1.85 bits per heavy atom. The lowest BCUT2D eigenvalue weighted by Gasteiger charge is -2.52. The van der Waals surface area contributed by atoms with Gasteiger partial charge in [-0.25, -0.2) is 0 Å². The predicted octanol–water partition coefficient (Wildman–Crippen LogP) is 10.8. The summed E-state index contributed by atoms with van der Waals surface area (Å²) in [5, 5.41) is 2.07. The summed E-state index contributed by atoms with van der Waals surface area (Å²) >= 11 is 0. The van der Waals surface area contributed by atoms with E-state index in [1.165, 1.54) is 22.3 Å². The van der Waals surface area contributed by atoms with Crippen molar-refractivity contribution < 1.29 is 28.4 Å². The average Bonchev–Trinajstić information content (AvgIpc) is 3.41. The highest BCUT2D eigenvalue weighted by Crippen LogP contribution is 2.67. The lowest BCUT2D eigenvalue weighted by molar-refractivity contribution is -0.182. The third-order valence-corrected chi connectivity index (χ3v) is 12.1. The molecule has 6 heteroatoms. The number of fused-ring (bicyclic) bond motifs is 11. The Hall–Kier alpha value is -4.94. The minimum absolute atomic E-state index is 0.116. The van der Waals surface area contributed by atoms with E-state index in [0.717, 1.165) is 64.0 Å². The second-order valence-corrected chi connectivity index (χ2v) is 17.2. The molecule has 0 radical (unpaired) electrons. The van der Waals surface area contributed by atoms with Crippen molar-refractivity contribution in [3.8, 4) is 39.9 Å². The van der Waals surface area contributed by atoms with Gasteiger partial charge in [0.2, 0.25) is 5.79 Å². The van der Waals surface area contributed by atoms with Crippen LogP contribution in [0.15, 0.2) is 91.0 Å². The largest absolute Gasteiger partial charge is 0.497 e. The number of rotatable bonds is 5. The maximum Gasteiger partial charge on any atom is 0.242 e. The summed E-state index contributed by atoms with van der Waals surface area (Å²) < 4.78 is 37.6. The van der Waals surface area contributed by atoms with E-state index in [9.17, 15) is 0 Å². The number of benzene rings is 5.